The molecule has 8 nitrogen and oxygen atoms in total. The molecule has 0 saturated heterocycles. The van der Waals surface area contributed by atoms with Crippen molar-refractivity contribution in [2.24, 2.45) is 0 Å². The molecule has 8 heteroatoms. The zero-order valence-corrected chi connectivity index (χ0v) is 15.6. The molecule has 0 spiro atoms. The van der Waals surface area contributed by atoms with Gasteiger partial charge in [0.15, 0.2) is 23.7 Å². The average molecular weight is 389 g/mol. The van der Waals surface area contributed by atoms with Gasteiger partial charge in [0.1, 0.15) is 22.8 Å². The first-order chi connectivity index (χ1) is 13.3. The van der Waals surface area contributed by atoms with E-state index in [2.05, 4.69) is 0 Å². The number of hydrogen-bond donors (Lipinski definition) is 5. The molecule has 0 saturated carbocycles. The highest BCUT2D eigenvalue weighted by Crippen LogP contribution is 2.45. The summed E-state index contributed by atoms with van der Waals surface area (Å²) >= 11 is 0. The first-order valence-electron chi connectivity index (χ1n) is 8.99. The summed E-state index contributed by atoms with van der Waals surface area (Å²) in [7, 11) is 0. The number of carbonyl (C=O) groups excluding carboxylic acids is 1. The summed E-state index contributed by atoms with van der Waals surface area (Å²) in [5, 5.41) is 50.5. The lowest BCUT2D eigenvalue weighted by atomic mass is 9.91. The van der Waals surface area contributed by atoms with Gasteiger partial charge in [-0.15, -0.1) is 0 Å². The van der Waals surface area contributed by atoms with Crippen molar-refractivity contribution in [3.63, 3.8) is 0 Å². The molecular weight excluding hydrogens is 366 g/mol. The van der Waals surface area contributed by atoms with Gasteiger partial charge in [-0.25, -0.2) is 0 Å². The molecule has 2 unspecified atom stereocenters. The molecule has 0 bridgehead atoms. The third-order valence-electron chi connectivity index (χ3n) is 5.01. The number of ketones is 1. The van der Waals surface area contributed by atoms with Crippen LogP contribution in [-0.4, -0.2) is 55.4 Å². The number of hydrogen-bond acceptors (Lipinski definition) is 8. The molecule has 28 heavy (non-hydrogen) atoms. The molecule has 0 aromatic heterocycles. The minimum absolute atomic E-state index is 0.0637. The molecule has 5 N–H and O–H groups in total. The van der Waals surface area contributed by atoms with E-state index in [0.717, 1.165) is 0 Å². The standard InChI is InChI=1S/C20H23NO7/c1-3-21(4-2)9-11-13(23)8-15-16(17(11)25)18(26)19(27)20(28-15)10-5-6-12(22)14(24)7-10/h5-8,19-20,22-25,27H,3-4,9H2,1-2H3. The number of Topliss-reactive ketones (excluding diaryl/α,β-unsaturated/α-hetero) is 1. The van der Waals surface area contributed by atoms with Crippen LogP contribution >= 0.6 is 0 Å². The fourth-order valence-corrected chi connectivity index (χ4v) is 3.28. The Hall–Kier alpha value is -2.97. The molecular formula is C20H23NO7. The number of aliphatic hydroxyl groups is 1. The second-order valence-corrected chi connectivity index (χ2v) is 6.65. The fraction of sp³-hybridized carbons (Fsp3) is 0.350. The average Bonchev–Trinajstić information content (AvgIpc) is 2.66. The Kier molecular flexibility index (Phi) is 5.35. The first kappa shape index (κ1) is 19.8. The smallest absolute Gasteiger partial charge is 0.202 e. The van der Waals surface area contributed by atoms with Crippen LogP contribution in [0.3, 0.4) is 0 Å². The predicted octanol–water partition coefficient (Wildman–Crippen LogP) is 2.03. The van der Waals surface area contributed by atoms with Crippen molar-refractivity contribution in [1.29, 1.82) is 0 Å². The van der Waals surface area contributed by atoms with Gasteiger partial charge in [-0.1, -0.05) is 19.9 Å². The lowest BCUT2D eigenvalue weighted by molar-refractivity contribution is 0.0209. The predicted molar refractivity (Wildman–Crippen MR) is 99.9 cm³/mol. The Bertz CT molecular complexity index is 908. The number of fused-ring (bicyclic) bond motifs is 1. The molecule has 150 valence electrons. The van der Waals surface area contributed by atoms with Crippen LogP contribution < -0.4 is 4.74 Å². The fourth-order valence-electron chi connectivity index (χ4n) is 3.28. The molecule has 1 aliphatic heterocycles. The maximum absolute atomic E-state index is 12.8. The van der Waals surface area contributed by atoms with E-state index >= 15 is 0 Å². The van der Waals surface area contributed by atoms with Crippen LogP contribution in [0.25, 0.3) is 0 Å². The Balaban J connectivity index is 2.03. The maximum Gasteiger partial charge on any atom is 0.202 e. The highest BCUT2D eigenvalue weighted by molar-refractivity contribution is 6.06. The Morgan fingerprint density at radius 3 is 2.29 bits per heavy atom. The number of benzene rings is 2. The number of rotatable bonds is 5. The summed E-state index contributed by atoms with van der Waals surface area (Å²) in [6.07, 6.45) is -2.80. The van der Waals surface area contributed by atoms with Crippen LogP contribution in [0.4, 0.5) is 0 Å². The van der Waals surface area contributed by atoms with E-state index in [4.69, 9.17) is 4.74 Å². The van der Waals surface area contributed by atoms with Gasteiger partial charge in [0.25, 0.3) is 0 Å². The van der Waals surface area contributed by atoms with Crippen molar-refractivity contribution < 1.29 is 35.1 Å². The van der Waals surface area contributed by atoms with Gasteiger partial charge in [0, 0.05) is 12.6 Å². The van der Waals surface area contributed by atoms with Crippen LogP contribution in [0.1, 0.15) is 41.4 Å². The van der Waals surface area contributed by atoms with E-state index in [-0.39, 0.29) is 40.5 Å². The minimum Gasteiger partial charge on any atom is -0.507 e. The molecule has 0 fully saturated rings. The molecule has 1 heterocycles. The zero-order valence-electron chi connectivity index (χ0n) is 15.6. The Morgan fingerprint density at radius 1 is 1.00 bits per heavy atom. The lowest BCUT2D eigenvalue weighted by Gasteiger charge is -2.31. The van der Waals surface area contributed by atoms with Crippen LogP contribution in [0.2, 0.25) is 0 Å². The van der Waals surface area contributed by atoms with Crippen molar-refractivity contribution in [2.75, 3.05) is 13.1 Å². The van der Waals surface area contributed by atoms with Gasteiger partial charge < -0.3 is 30.3 Å². The van der Waals surface area contributed by atoms with Crippen LogP contribution in [0.15, 0.2) is 24.3 Å². The van der Waals surface area contributed by atoms with Crippen molar-refractivity contribution in [3.05, 3.63) is 41.0 Å². The third kappa shape index (κ3) is 3.32. The van der Waals surface area contributed by atoms with E-state index in [1.54, 1.807) is 0 Å². The van der Waals surface area contributed by atoms with Gasteiger partial charge >= 0.3 is 0 Å². The molecule has 2 atom stereocenters. The molecule has 0 radical (unpaired) electrons. The number of carbonyl (C=O) groups is 1. The van der Waals surface area contributed by atoms with E-state index in [1.807, 2.05) is 18.7 Å². The highest BCUT2D eigenvalue weighted by atomic mass is 16.5. The summed E-state index contributed by atoms with van der Waals surface area (Å²) in [6.45, 7) is 5.48. The topological polar surface area (TPSA) is 131 Å². The first-order valence-corrected chi connectivity index (χ1v) is 8.99. The molecule has 2 aromatic rings. The number of aliphatic hydroxyl groups excluding tert-OH is 1. The number of nitrogens with zero attached hydrogens (tertiary/aromatic N) is 1. The lowest BCUT2D eigenvalue weighted by Crippen LogP contribution is -2.36. The number of ether oxygens (including phenoxy) is 1. The SMILES string of the molecule is CCN(CC)Cc1c(O)cc2c(c1O)C(=O)C(O)C(c1ccc(O)c(O)c1)O2. The molecule has 1 aliphatic rings. The summed E-state index contributed by atoms with van der Waals surface area (Å²) in [4.78, 5) is 14.7. The van der Waals surface area contributed by atoms with E-state index < -0.39 is 29.5 Å². The Labute approximate surface area is 161 Å². The van der Waals surface area contributed by atoms with Crippen LogP contribution in [0.5, 0.6) is 28.7 Å². The highest BCUT2D eigenvalue weighted by Gasteiger charge is 2.40. The van der Waals surface area contributed by atoms with Gasteiger partial charge in [-0.05, 0) is 30.8 Å². The van der Waals surface area contributed by atoms with Gasteiger partial charge in [-0.2, -0.15) is 0 Å². The van der Waals surface area contributed by atoms with Gasteiger partial charge in [0.2, 0.25) is 5.78 Å². The van der Waals surface area contributed by atoms with Crippen molar-refractivity contribution >= 4 is 5.78 Å². The molecule has 0 amide bonds. The second kappa shape index (κ2) is 7.57. The van der Waals surface area contributed by atoms with Gasteiger partial charge in [-0.3, -0.25) is 9.69 Å². The van der Waals surface area contributed by atoms with E-state index in [1.165, 1.54) is 24.3 Å². The summed E-state index contributed by atoms with van der Waals surface area (Å²) < 4.78 is 5.67. The number of phenols is 4. The largest absolute Gasteiger partial charge is 0.507 e. The monoisotopic (exact) mass is 389 g/mol. The summed E-state index contributed by atoms with van der Waals surface area (Å²) in [6, 6.07) is 5.03. The number of phenolic OH excluding ortho intramolecular Hbond substituents is 4. The van der Waals surface area contributed by atoms with Crippen molar-refractivity contribution in [1.82, 2.24) is 4.90 Å². The quantitative estimate of drug-likeness (QED) is 0.491. The molecule has 3 rings (SSSR count). The normalized spacial score (nSPS) is 18.8. The van der Waals surface area contributed by atoms with Crippen molar-refractivity contribution in [2.45, 2.75) is 32.6 Å². The van der Waals surface area contributed by atoms with Crippen LogP contribution in [0, 0.1) is 0 Å². The third-order valence-corrected chi connectivity index (χ3v) is 5.01. The summed E-state index contributed by atoms with van der Waals surface area (Å²) in [5.74, 6) is -2.23. The summed E-state index contributed by atoms with van der Waals surface area (Å²) in [5.41, 5.74) is 0.257. The van der Waals surface area contributed by atoms with E-state index in [9.17, 15) is 30.3 Å². The molecule has 0 aliphatic carbocycles. The molecule has 2 aromatic carbocycles. The minimum atomic E-state index is -1.63. The van der Waals surface area contributed by atoms with Crippen LogP contribution in [-0.2, 0) is 6.54 Å². The van der Waals surface area contributed by atoms with Gasteiger partial charge in [0.05, 0.1) is 5.56 Å². The van der Waals surface area contributed by atoms with E-state index in [0.29, 0.717) is 13.1 Å². The van der Waals surface area contributed by atoms with Crippen molar-refractivity contribution in [3.8, 4) is 28.7 Å². The second-order valence-electron chi connectivity index (χ2n) is 6.65. The maximum atomic E-state index is 12.8. The Morgan fingerprint density at radius 2 is 1.68 bits per heavy atom. The zero-order chi connectivity index (χ0) is 20.6. The number of aromatic hydroxyl groups is 4.